The Bertz CT molecular complexity index is 478. The average molecular weight is 307 g/mol. The lowest BCUT2D eigenvalue weighted by atomic mass is 10.0. The summed E-state index contributed by atoms with van der Waals surface area (Å²) in [4.78, 5) is 11.7. The summed E-state index contributed by atoms with van der Waals surface area (Å²) >= 11 is 0. The van der Waals surface area contributed by atoms with E-state index in [9.17, 15) is 18.0 Å². The Morgan fingerprint density at radius 1 is 1.10 bits per heavy atom. The van der Waals surface area contributed by atoms with Gasteiger partial charge in [-0.1, -0.05) is 18.2 Å². The van der Waals surface area contributed by atoms with E-state index in [1.807, 2.05) is 0 Å². The van der Waals surface area contributed by atoms with Crippen LogP contribution in [0.2, 0.25) is 0 Å². The van der Waals surface area contributed by atoms with Gasteiger partial charge in [-0.05, 0) is 11.6 Å². The summed E-state index contributed by atoms with van der Waals surface area (Å²) in [6.07, 6.45) is -4.87. The fourth-order valence-electron chi connectivity index (χ4n) is 1.65. The van der Waals surface area contributed by atoms with E-state index in [4.69, 9.17) is 15.3 Å². The molecule has 0 fully saturated rings. The number of rotatable bonds is 6. The molecule has 21 heavy (non-hydrogen) atoms. The van der Waals surface area contributed by atoms with Gasteiger partial charge in [0.1, 0.15) is 5.54 Å². The summed E-state index contributed by atoms with van der Waals surface area (Å²) in [5.74, 6) is -0.716. The zero-order valence-electron chi connectivity index (χ0n) is 11.0. The quantitative estimate of drug-likeness (QED) is 0.599. The van der Waals surface area contributed by atoms with Crippen molar-refractivity contribution in [3.05, 3.63) is 35.4 Å². The zero-order chi connectivity index (χ0) is 16.1. The number of benzene rings is 1. The molecule has 0 aliphatic rings. The molecule has 0 radical (unpaired) electrons. The molecular weight excluding hydrogens is 291 g/mol. The van der Waals surface area contributed by atoms with Crippen LogP contribution in [0.3, 0.4) is 0 Å². The van der Waals surface area contributed by atoms with Gasteiger partial charge in [0.2, 0.25) is 5.91 Å². The fraction of sp³-hybridized carbons (Fsp3) is 0.462. The lowest BCUT2D eigenvalue weighted by Gasteiger charge is -2.28. The molecule has 1 rings (SSSR count). The van der Waals surface area contributed by atoms with Crippen LogP contribution < -0.4 is 5.32 Å². The molecule has 0 aromatic heterocycles. The topological polar surface area (TPSA) is 89.8 Å². The van der Waals surface area contributed by atoms with Crippen molar-refractivity contribution in [1.29, 1.82) is 0 Å². The number of amides is 1. The first-order valence-electron chi connectivity index (χ1n) is 6.06. The summed E-state index contributed by atoms with van der Waals surface area (Å²) < 4.78 is 37.6. The molecule has 4 N–H and O–H groups in total. The standard InChI is InChI=1S/C13H16F3NO4/c14-13(15,16)10-3-1-2-9(4-10)5-11(21)17-12(6-18,7-19)8-20/h1-4,18-20H,5-8H2,(H,17,21). The highest BCUT2D eigenvalue weighted by molar-refractivity contribution is 5.79. The first-order valence-corrected chi connectivity index (χ1v) is 6.06. The number of carbonyl (C=O) groups is 1. The van der Waals surface area contributed by atoms with E-state index in [2.05, 4.69) is 5.32 Å². The maximum Gasteiger partial charge on any atom is 0.416 e. The molecule has 0 heterocycles. The second-order valence-corrected chi connectivity index (χ2v) is 4.68. The van der Waals surface area contributed by atoms with Gasteiger partial charge >= 0.3 is 6.18 Å². The third kappa shape index (κ3) is 4.69. The van der Waals surface area contributed by atoms with E-state index < -0.39 is 43.0 Å². The molecule has 0 unspecified atom stereocenters. The lowest BCUT2D eigenvalue weighted by Crippen LogP contribution is -2.57. The molecule has 0 saturated heterocycles. The Labute approximate surface area is 119 Å². The highest BCUT2D eigenvalue weighted by Gasteiger charge is 2.32. The number of alkyl halides is 3. The highest BCUT2D eigenvalue weighted by atomic mass is 19.4. The van der Waals surface area contributed by atoms with Gasteiger partial charge in [-0.2, -0.15) is 13.2 Å². The van der Waals surface area contributed by atoms with Crippen LogP contribution in [0.25, 0.3) is 0 Å². The number of carbonyl (C=O) groups excluding carboxylic acids is 1. The van der Waals surface area contributed by atoms with Crippen LogP contribution in [0.15, 0.2) is 24.3 Å². The maximum absolute atomic E-state index is 12.5. The van der Waals surface area contributed by atoms with Crippen LogP contribution in [0.4, 0.5) is 13.2 Å². The average Bonchev–Trinajstić information content (AvgIpc) is 2.44. The van der Waals surface area contributed by atoms with Crippen LogP contribution in [0, 0.1) is 0 Å². The van der Waals surface area contributed by atoms with Gasteiger partial charge in [-0.25, -0.2) is 0 Å². The fourth-order valence-corrected chi connectivity index (χ4v) is 1.65. The van der Waals surface area contributed by atoms with Crippen molar-refractivity contribution in [2.24, 2.45) is 0 Å². The van der Waals surface area contributed by atoms with E-state index in [1.165, 1.54) is 12.1 Å². The van der Waals surface area contributed by atoms with Crippen LogP contribution in [0.1, 0.15) is 11.1 Å². The molecule has 8 heteroatoms. The molecule has 0 bridgehead atoms. The van der Waals surface area contributed by atoms with Crippen molar-refractivity contribution < 1.29 is 33.3 Å². The van der Waals surface area contributed by atoms with Crippen LogP contribution in [-0.2, 0) is 17.4 Å². The molecule has 0 saturated carbocycles. The van der Waals surface area contributed by atoms with Crippen molar-refractivity contribution in [3.8, 4) is 0 Å². The third-order valence-corrected chi connectivity index (χ3v) is 2.93. The molecule has 0 aliphatic carbocycles. The van der Waals surface area contributed by atoms with Crippen molar-refractivity contribution in [1.82, 2.24) is 5.32 Å². The van der Waals surface area contributed by atoms with E-state index in [0.717, 1.165) is 12.1 Å². The predicted molar refractivity (Wildman–Crippen MR) is 67.3 cm³/mol. The molecule has 0 spiro atoms. The Morgan fingerprint density at radius 2 is 1.67 bits per heavy atom. The highest BCUT2D eigenvalue weighted by Crippen LogP contribution is 2.29. The minimum absolute atomic E-state index is 0.130. The Kier molecular flexibility index (Phi) is 5.70. The van der Waals surface area contributed by atoms with E-state index >= 15 is 0 Å². The monoisotopic (exact) mass is 307 g/mol. The summed E-state index contributed by atoms with van der Waals surface area (Å²) in [5.41, 5.74) is -2.34. The van der Waals surface area contributed by atoms with Crippen molar-refractivity contribution in [2.45, 2.75) is 18.1 Å². The molecule has 0 atom stereocenters. The number of halogens is 3. The molecule has 1 amide bonds. The normalized spacial score (nSPS) is 12.3. The summed E-state index contributed by atoms with van der Waals surface area (Å²) in [6, 6.07) is 4.27. The first-order chi connectivity index (χ1) is 9.76. The van der Waals surface area contributed by atoms with Gasteiger partial charge in [-0.3, -0.25) is 4.79 Å². The van der Waals surface area contributed by atoms with Crippen LogP contribution >= 0.6 is 0 Å². The van der Waals surface area contributed by atoms with Crippen LogP contribution in [-0.4, -0.2) is 46.6 Å². The predicted octanol–water partition coefficient (Wildman–Crippen LogP) is 0.0798. The third-order valence-electron chi connectivity index (χ3n) is 2.93. The van der Waals surface area contributed by atoms with Crippen molar-refractivity contribution in [2.75, 3.05) is 19.8 Å². The maximum atomic E-state index is 12.5. The first kappa shape index (κ1) is 17.4. The number of aliphatic hydroxyl groups excluding tert-OH is 3. The van der Waals surface area contributed by atoms with Gasteiger partial charge in [0.05, 0.1) is 31.8 Å². The lowest BCUT2D eigenvalue weighted by molar-refractivity contribution is -0.137. The molecule has 5 nitrogen and oxygen atoms in total. The van der Waals surface area contributed by atoms with Crippen LogP contribution in [0.5, 0.6) is 0 Å². The molecule has 1 aromatic rings. The largest absolute Gasteiger partial charge is 0.416 e. The van der Waals surface area contributed by atoms with Crippen molar-refractivity contribution >= 4 is 5.91 Å². The molecule has 118 valence electrons. The van der Waals surface area contributed by atoms with Gasteiger partial charge in [-0.15, -0.1) is 0 Å². The molecule has 1 aromatic carbocycles. The second-order valence-electron chi connectivity index (χ2n) is 4.68. The van der Waals surface area contributed by atoms with Gasteiger partial charge in [0.15, 0.2) is 0 Å². The number of aliphatic hydroxyl groups is 3. The van der Waals surface area contributed by atoms with Gasteiger partial charge in [0, 0.05) is 0 Å². The summed E-state index contributed by atoms with van der Waals surface area (Å²) in [5, 5.41) is 29.4. The minimum atomic E-state index is -4.50. The second kappa shape index (κ2) is 6.88. The summed E-state index contributed by atoms with van der Waals surface area (Å²) in [7, 11) is 0. The molecule has 0 aliphatic heterocycles. The van der Waals surface area contributed by atoms with Gasteiger partial charge in [0.25, 0.3) is 0 Å². The Morgan fingerprint density at radius 3 is 2.14 bits per heavy atom. The van der Waals surface area contributed by atoms with Crippen molar-refractivity contribution in [3.63, 3.8) is 0 Å². The minimum Gasteiger partial charge on any atom is -0.394 e. The summed E-state index contributed by atoms with van der Waals surface area (Å²) in [6.45, 7) is -2.10. The smallest absolute Gasteiger partial charge is 0.394 e. The van der Waals surface area contributed by atoms with Gasteiger partial charge < -0.3 is 20.6 Å². The van der Waals surface area contributed by atoms with E-state index in [-0.39, 0.29) is 12.0 Å². The van der Waals surface area contributed by atoms with E-state index in [0.29, 0.717) is 0 Å². The van der Waals surface area contributed by atoms with E-state index in [1.54, 1.807) is 0 Å². The number of hydrogen-bond donors (Lipinski definition) is 4. The SMILES string of the molecule is O=C(Cc1cccc(C(F)(F)F)c1)NC(CO)(CO)CO. The number of hydrogen-bond acceptors (Lipinski definition) is 4. The Hall–Kier alpha value is -1.64. The zero-order valence-corrected chi connectivity index (χ0v) is 11.0. The molecular formula is C13H16F3NO4. The number of nitrogens with one attached hydrogen (secondary N) is 1. The Balaban J connectivity index is 2.80.